The van der Waals surface area contributed by atoms with Crippen molar-refractivity contribution in [2.45, 2.75) is 19.4 Å². The molecular weight excluding hydrogens is 438 g/mol. The number of pyridine rings is 1. The highest BCUT2D eigenvalue weighted by Crippen LogP contribution is 2.28. The summed E-state index contributed by atoms with van der Waals surface area (Å²) in [5.74, 6) is 0.676. The summed E-state index contributed by atoms with van der Waals surface area (Å²) in [6, 6.07) is 10.1. The molecule has 176 valence electrons. The highest BCUT2D eigenvalue weighted by atomic mass is 32.1. The van der Waals surface area contributed by atoms with Gasteiger partial charge in [0.15, 0.2) is 5.52 Å². The predicted octanol–water partition coefficient (Wildman–Crippen LogP) is 2.93. The molecule has 33 heavy (non-hydrogen) atoms. The number of aromatic nitrogens is 3. The molecule has 4 rings (SSSR count). The van der Waals surface area contributed by atoms with E-state index in [9.17, 15) is 4.79 Å². The van der Waals surface area contributed by atoms with Crippen molar-refractivity contribution < 1.29 is 14.3 Å². The first kappa shape index (κ1) is 24.9. The summed E-state index contributed by atoms with van der Waals surface area (Å²) in [4.78, 5) is 29.6. The van der Waals surface area contributed by atoms with E-state index in [1.54, 1.807) is 12.4 Å². The van der Waals surface area contributed by atoms with Crippen LogP contribution < -0.4 is 9.64 Å². The minimum Gasteiger partial charge on any atom is -0.473 e. The van der Waals surface area contributed by atoms with Crippen molar-refractivity contribution in [2.75, 3.05) is 51.8 Å². The number of Topliss-reactive ketones (excluding diaryl/α,β-unsaturated/α-hetero) is 1. The molecule has 1 fully saturated rings. The zero-order chi connectivity index (χ0) is 22.5. The molecule has 0 amide bonds. The fourth-order valence-corrected chi connectivity index (χ4v) is 3.68. The lowest BCUT2D eigenvalue weighted by Crippen LogP contribution is -2.46. The minimum absolute atomic E-state index is 0. The van der Waals surface area contributed by atoms with E-state index >= 15 is 0 Å². The summed E-state index contributed by atoms with van der Waals surface area (Å²) < 4.78 is 12.0. The van der Waals surface area contributed by atoms with Gasteiger partial charge in [0, 0.05) is 57.3 Å². The van der Waals surface area contributed by atoms with Gasteiger partial charge in [-0.25, -0.2) is 9.97 Å². The van der Waals surface area contributed by atoms with Gasteiger partial charge in [-0.3, -0.25) is 14.7 Å². The number of morpholine rings is 1. The molecule has 0 radical (unpaired) electrons. The molecule has 0 bridgehead atoms. The largest absolute Gasteiger partial charge is 0.473 e. The Kier molecular flexibility index (Phi) is 8.60. The maximum absolute atomic E-state index is 11.8. The number of nitrogens with zero attached hydrogens (tertiary/aromatic N) is 5. The Balaban J connectivity index is 0.00000306. The lowest BCUT2D eigenvalue weighted by atomic mass is 10.1. The summed E-state index contributed by atoms with van der Waals surface area (Å²) >= 11 is 0. The number of rotatable bonds is 8. The van der Waals surface area contributed by atoms with E-state index < -0.39 is 0 Å². The molecule has 1 saturated heterocycles. The highest BCUT2D eigenvalue weighted by molar-refractivity contribution is 7.59. The van der Waals surface area contributed by atoms with Crippen LogP contribution in [-0.4, -0.2) is 78.7 Å². The van der Waals surface area contributed by atoms with Crippen molar-refractivity contribution in [3.05, 3.63) is 42.7 Å². The molecule has 0 unspecified atom stereocenters. The first-order valence-corrected chi connectivity index (χ1v) is 10.9. The lowest BCUT2D eigenvalue weighted by molar-refractivity contribution is -0.122. The predicted molar refractivity (Wildman–Crippen MR) is 134 cm³/mol. The average molecular weight is 470 g/mol. The number of ether oxygens (including phenoxy) is 2. The normalized spacial score (nSPS) is 16.3. The Morgan fingerprint density at radius 3 is 2.70 bits per heavy atom. The minimum atomic E-state index is -0.134. The van der Waals surface area contributed by atoms with Crippen LogP contribution in [0.4, 0.5) is 5.69 Å². The van der Waals surface area contributed by atoms with E-state index in [4.69, 9.17) is 14.5 Å². The topological polar surface area (TPSA) is 80.7 Å². The quantitative estimate of drug-likeness (QED) is 0.498. The van der Waals surface area contributed by atoms with Gasteiger partial charge in [-0.15, -0.1) is 0 Å². The lowest BCUT2D eigenvalue weighted by Gasteiger charge is -2.32. The Morgan fingerprint density at radius 1 is 1.21 bits per heavy atom. The molecule has 1 aliphatic rings. The van der Waals surface area contributed by atoms with E-state index in [0.29, 0.717) is 44.1 Å². The van der Waals surface area contributed by atoms with Gasteiger partial charge in [0.2, 0.25) is 5.88 Å². The van der Waals surface area contributed by atoms with Crippen molar-refractivity contribution in [1.82, 2.24) is 19.9 Å². The molecule has 0 spiro atoms. The highest BCUT2D eigenvalue weighted by Gasteiger charge is 2.23. The third-order valence-electron chi connectivity index (χ3n) is 5.53. The standard InChI is InChI=1S/C24H29N5O3.H2S/c1-4-19(30)14-29-11-12-31-20(15-29)16-32-24-23-22(25-9-10-26-23)13-21(27-24)17-5-7-18(8-6-17)28(2)3;/h5-10,13,20H,4,11-12,14-16H2,1-3H3;1H2/t20-;/m0./s1. The number of hydrogen-bond donors (Lipinski definition) is 0. The first-order chi connectivity index (χ1) is 15.5. The van der Waals surface area contributed by atoms with Crippen LogP contribution >= 0.6 is 13.5 Å². The number of benzene rings is 1. The molecule has 0 saturated carbocycles. The van der Waals surface area contributed by atoms with E-state index in [1.807, 2.05) is 39.2 Å². The number of anilines is 1. The van der Waals surface area contributed by atoms with Crippen LogP contribution in [0.2, 0.25) is 0 Å². The van der Waals surface area contributed by atoms with Gasteiger partial charge in [0.25, 0.3) is 0 Å². The van der Waals surface area contributed by atoms with Gasteiger partial charge < -0.3 is 14.4 Å². The summed E-state index contributed by atoms with van der Waals surface area (Å²) in [7, 11) is 4.02. The van der Waals surface area contributed by atoms with Crippen molar-refractivity contribution in [3.8, 4) is 17.1 Å². The average Bonchev–Trinajstić information content (AvgIpc) is 2.82. The van der Waals surface area contributed by atoms with Crippen LogP contribution in [0.5, 0.6) is 5.88 Å². The SMILES string of the molecule is CCC(=O)CN1CCO[C@H](COc2nc(-c3ccc(N(C)C)cc3)cc3nccnc23)C1.S. The number of carbonyl (C=O) groups excluding carboxylic acids is 1. The molecule has 1 atom stereocenters. The van der Waals surface area contributed by atoms with E-state index in [1.165, 1.54) is 0 Å². The summed E-state index contributed by atoms with van der Waals surface area (Å²) in [5, 5.41) is 0. The zero-order valence-electron chi connectivity index (χ0n) is 19.3. The summed E-state index contributed by atoms with van der Waals surface area (Å²) in [6.07, 6.45) is 3.72. The van der Waals surface area contributed by atoms with Gasteiger partial charge in [0.1, 0.15) is 18.5 Å². The van der Waals surface area contributed by atoms with Crippen molar-refractivity contribution in [3.63, 3.8) is 0 Å². The fraction of sp³-hybridized carbons (Fsp3) is 0.417. The van der Waals surface area contributed by atoms with Gasteiger partial charge >= 0.3 is 0 Å². The number of carbonyl (C=O) groups is 1. The van der Waals surface area contributed by atoms with E-state index in [2.05, 4.69) is 31.9 Å². The second kappa shape index (κ2) is 11.4. The van der Waals surface area contributed by atoms with Gasteiger partial charge in [-0.1, -0.05) is 19.1 Å². The molecule has 8 nitrogen and oxygen atoms in total. The zero-order valence-corrected chi connectivity index (χ0v) is 20.3. The molecule has 9 heteroatoms. The molecule has 0 N–H and O–H groups in total. The molecule has 1 aromatic carbocycles. The van der Waals surface area contributed by atoms with Crippen LogP contribution in [0.1, 0.15) is 13.3 Å². The number of ketones is 1. The van der Waals surface area contributed by atoms with Crippen LogP contribution in [0.3, 0.4) is 0 Å². The van der Waals surface area contributed by atoms with E-state index in [-0.39, 0.29) is 25.4 Å². The van der Waals surface area contributed by atoms with Crippen molar-refractivity contribution >= 4 is 36.0 Å². The maximum Gasteiger partial charge on any atom is 0.242 e. The third-order valence-corrected chi connectivity index (χ3v) is 5.53. The Bertz CT molecular complexity index is 1080. The van der Waals surface area contributed by atoms with Crippen LogP contribution in [0.25, 0.3) is 22.3 Å². The second-order valence-corrected chi connectivity index (χ2v) is 8.11. The van der Waals surface area contributed by atoms with Crippen LogP contribution in [-0.2, 0) is 9.53 Å². The molecule has 1 aliphatic heterocycles. The monoisotopic (exact) mass is 469 g/mol. The molecule has 3 heterocycles. The van der Waals surface area contributed by atoms with Crippen molar-refractivity contribution in [1.29, 1.82) is 0 Å². The Labute approximate surface area is 201 Å². The fourth-order valence-electron chi connectivity index (χ4n) is 3.68. The molecule has 0 aliphatic carbocycles. The maximum atomic E-state index is 11.8. The summed E-state index contributed by atoms with van der Waals surface area (Å²) in [6.45, 7) is 4.67. The van der Waals surface area contributed by atoms with Crippen LogP contribution in [0.15, 0.2) is 42.7 Å². The molecular formula is C24H31N5O3S. The first-order valence-electron chi connectivity index (χ1n) is 10.9. The Morgan fingerprint density at radius 2 is 1.97 bits per heavy atom. The van der Waals surface area contributed by atoms with E-state index in [0.717, 1.165) is 29.0 Å². The molecule has 2 aromatic heterocycles. The van der Waals surface area contributed by atoms with Gasteiger partial charge in [0.05, 0.1) is 24.4 Å². The molecule has 3 aromatic rings. The second-order valence-electron chi connectivity index (χ2n) is 8.11. The number of hydrogen-bond acceptors (Lipinski definition) is 8. The van der Waals surface area contributed by atoms with Gasteiger partial charge in [-0.05, 0) is 18.2 Å². The third kappa shape index (κ3) is 6.19. The van der Waals surface area contributed by atoms with Gasteiger partial charge in [-0.2, -0.15) is 13.5 Å². The van der Waals surface area contributed by atoms with Crippen molar-refractivity contribution in [2.24, 2.45) is 0 Å². The smallest absolute Gasteiger partial charge is 0.242 e. The number of fused-ring (bicyclic) bond motifs is 1. The van der Waals surface area contributed by atoms with Crippen LogP contribution in [0, 0.1) is 0 Å². The Hall–Kier alpha value is -2.75. The summed E-state index contributed by atoms with van der Waals surface area (Å²) in [5.41, 5.74) is 4.22.